The number of ether oxygens (including phenoxy) is 3. The van der Waals surface area contributed by atoms with E-state index < -0.39 is 0 Å². The highest BCUT2D eigenvalue weighted by atomic mass is 35.5. The first kappa shape index (κ1) is 20.2. The van der Waals surface area contributed by atoms with E-state index in [1.807, 2.05) is 54.6 Å². The predicted octanol–water partition coefficient (Wildman–Crippen LogP) is 6.20. The molecule has 0 bridgehead atoms. The highest BCUT2D eigenvalue weighted by Gasteiger charge is 2.11. The summed E-state index contributed by atoms with van der Waals surface area (Å²) in [7, 11) is 3.20. The number of anilines is 1. The van der Waals surface area contributed by atoms with Gasteiger partial charge in [-0.25, -0.2) is 0 Å². The average Bonchev–Trinajstić information content (AvgIpc) is 2.72. The molecule has 3 aromatic carbocycles. The van der Waals surface area contributed by atoms with Crippen LogP contribution in [0.25, 0.3) is 0 Å². The molecule has 28 heavy (non-hydrogen) atoms. The number of methoxy groups -OCH3 is 2. The first-order valence-electron chi connectivity index (χ1n) is 8.71. The van der Waals surface area contributed by atoms with Crippen LogP contribution in [0.1, 0.15) is 11.1 Å². The fourth-order valence-corrected chi connectivity index (χ4v) is 3.17. The Balaban J connectivity index is 1.71. The molecule has 6 heteroatoms. The second kappa shape index (κ2) is 9.58. The van der Waals surface area contributed by atoms with Crippen molar-refractivity contribution in [2.45, 2.75) is 13.2 Å². The van der Waals surface area contributed by atoms with Gasteiger partial charge in [0, 0.05) is 23.3 Å². The van der Waals surface area contributed by atoms with E-state index in [4.69, 9.17) is 37.4 Å². The van der Waals surface area contributed by atoms with Crippen LogP contribution < -0.4 is 19.5 Å². The summed E-state index contributed by atoms with van der Waals surface area (Å²) in [5, 5.41) is 4.44. The van der Waals surface area contributed by atoms with Gasteiger partial charge in [-0.05, 0) is 35.4 Å². The largest absolute Gasteiger partial charge is 0.495 e. The third-order valence-electron chi connectivity index (χ3n) is 4.20. The average molecular weight is 418 g/mol. The van der Waals surface area contributed by atoms with Gasteiger partial charge in [-0.2, -0.15) is 0 Å². The lowest BCUT2D eigenvalue weighted by atomic mass is 10.2. The molecule has 0 aliphatic rings. The summed E-state index contributed by atoms with van der Waals surface area (Å²) < 4.78 is 16.5. The van der Waals surface area contributed by atoms with E-state index in [2.05, 4.69) is 5.32 Å². The first-order chi connectivity index (χ1) is 13.6. The molecule has 146 valence electrons. The van der Waals surface area contributed by atoms with E-state index in [0.29, 0.717) is 40.4 Å². The predicted molar refractivity (Wildman–Crippen MR) is 114 cm³/mol. The van der Waals surface area contributed by atoms with Crippen LogP contribution in [0.4, 0.5) is 5.69 Å². The summed E-state index contributed by atoms with van der Waals surface area (Å²) in [5.74, 6) is 1.87. The summed E-state index contributed by atoms with van der Waals surface area (Å²) in [6.45, 7) is 0.951. The van der Waals surface area contributed by atoms with Crippen molar-refractivity contribution in [1.29, 1.82) is 0 Å². The van der Waals surface area contributed by atoms with Gasteiger partial charge < -0.3 is 19.5 Å². The Hall–Kier alpha value is -2.56. The third kappa shape index (κ3) is 5.03. The van der Waals surface area contributed by atoms with Crippen molar-refractivity contribution in [1.82, 2.24) is 0 Å². The van der Waals surface area contributed by atoms with Gasteiger partial charge in [0.15, 0.2) is 11.5 Å². The van der Waals surface area contributed by atoms with Crippen LogP contribution in [0.15, 0.2) is 60.7 Å². The number of benzene rings is 3. The molecule has 3 rings (SSSR count). The summed E-state index contributed by atoms with van der Waals surface area (Å²) in [6.07, 6.45) is 0. The zero-order valence-corrected chi connectivity index (χ0v) is 17.2. The fraction of sp³-hybridized carbons (Fsp3) is 0.182. The molecule has 0 saturated carbocycles. The van der Waals surface area contributed by atoms with E-state index in [9.17, 15) is 0 Å². The molecule has 3 aromatic rings. The first-order valence-corrected chi connectivity index (χ1v) is 9.47. The number of nitrogens with one attached hydrogen (secondary N) is 1. The maximum absolute atomic E-state index is 6.46. The molecule has 0 saturated heterocycles. The molecular formula is C22H21Cl2NO3. The number of halogens is 2. The smallest absolute Gasteiger partial charge is 0.163 e. The van der Waals surface area contributed by atoms with Crippen LogP contribution in [0.5, 0.6) is 17.2 Å². The summed E-state index contributed by atoms with van der Waals surface area (Å²) in [4.78, 5) is 0. The molecule has 0 atom stereocenters. The maximum Gasteiger partial charge on any atom is 0.163 e. The standard InChI is InChI=1S/C22H21Cl2NO3/c1-26-20-9-8-17(11-19(20)24)25-13-16-10-21(27-2)22(12-18(16)23)28-14-15-6-4-3-5-7-15/h3-12,25H,13-14H2,1-2H3. The van der Waals surface area contributed by atoms with Crippen LogP contribution in [-0.2, 0) is 13.2 Å². The van der Waals surface area contributed by atoms with E-state index in [0.717, 1.165) is 16.8 Å². The minimum absolute atomic E-state index is 0.440. The normalized spacial score (nSPS) is 10.4. The molecule has 0 aliphatic heterocycles. The Labute approximate surface area is 175 Å². The molecule has 0 fully saturated rings. The van der Waals surface area contributed by atoms with Crippen LogP contribution >= 0.6 is 23.2 Å². The number of hydrogen-bond acceptors (Lipinski definition) is 4. The Morgan fingerprint density at radius 3 is 2.21 bits per heavy atom. The van der Waals surface area contributed by atoms with Gasteiger partial charge >= 0.3 is 0 Å². The summed E-state index contributed by atoms with van der Waals surface area (Å²) in [5.41, 5.74) is 2.82. The Morgan fingerprint density at radius 2 is 1.54 bits per heavy atom. The van der Waals surface area contributed by atoms with E-state index in [1.165, 1.54) is 0 Å². The molecule has 0 heterocycles. The van der Waals surface area contributed by atoms with Crippen LogP contribution in [0.3, 0.4) is 0 Å². The van der Waals surface area contributed by atoms with Crippen LogP contribution in [0.2, 0.25) is 10.0 Å². The van der Waals surface area contributed by atoms with Gasteiger partial charge in [-0.1, -0.05) is 53.5 Å². The highest BCUT2D eigenvalue weighted by Crippen LogP contribution is 2.34. The minimum Gasteiger partial charge on any atom is -0.495 e. The zero-order valence-electron chi connectivity index (χ0n) is 15.7. The van der Waals surface area contributed by atoms with Crippen molar-refractivity contribution in [2.24, 2.45) is 0 Å². The Morgan fingerprint density at radius 1 is 0.786 bits per heavy atom. The van der Waals surface area contributed by atoms with Crippen molar-refractivity contribution >= 4 is 28.9 Å². The molecule has 0 unspecified atom stereocenters. The second-order valence-corrected chi connectivity index (χ2v) is 6.89. The van der Waals surface area contributed by atoms with Gasteiger partial charge in [0.05, 0.1) is 19.2 Å². The number of hydrogen-bond donors (Lipinski definition) is 1. The molecule has 0 spiro atoms. The van der Waals surface area contributed by atoms with Gasteiger partial charge in [0.25, 0.3) is 0 Å². The Bertz CT molecular complexity index is 933. The fourth-order valence-electron chi connectivity index (χ4n) is 2.69. The van der Waals surface area contributed by atoms with Gasteiger partial charge in [0.2, 0.25) is 0 Å². The molecule has 0 radical (unpaired) electrons. The van der Waals surface area contributed by atoms with Crippen molar-refractivity contribution in [3.63, 3.8) is 0 Å². The van der Waals surface area contributed by atoms with E-state index in [1.54, 1.807) is 20.3 Å². The molecule has 1 N–H and O–H groups in total. The van der Waals surface area contributed by atoms with Crippen LogP contribution in [0, 0.1) is 0 Å². The molecule has 0 aliphatic carbocycles. The molecule has 4 nitrogen and oxygen atoms in total. The van der Waals surface area contributed by atoms with E-state index >= 15 is 0 Å². The molecular weight excluding hydrogens is 397 g/mol. The van der Waals surface area contributed by atoms with Gasteiger partial charge in [0.1, 0.15) is 12.4 Å². The maximum atomic E-state index is 6.46. The minimum atomic E-state index is 0.440. The molecule has 0 aromatic heterocycles. The topological polar surface area (TPSA) is 39.7 Å². The lowest BCUT2D eigenvalue weighted by Gasteiger charge is -2.15. The molecule has 0 amide bonds. The Kier molecular flexibility index (Phi) is 6.90. The highest BCUT2D eigenvalue weighted by molar-refractivity contribution is 6.32. The monoisotopic (exact) mass is 417 g/mol. The lowest BCUT2D eigenvalue weighted by Crippen LogP contribution is -2.03. The van der Waals surface area contributed by atoms with E-state index in [-0.39, 0.29) is 0 Å². The van der Waals surface area contributed by atoms with Crippen molar-refractivity contribution < 1.29 is 14.2 Å². The third-order valence-corrected chi connectivity index (χ3v) is 4.85. The second-order valence-electron chi connectivity index (χ2n) is 6.07. The lowest BCUT2D eigenvalue weighted by molar-refractivity contribution is 0.284. The zero-order chi connectivity index (χ0) is 19.9. The van der Waals surface area contributed by atoms with Gasteiger partial charge in [-0.15, -0.1) is 0 Å². The quantitative estimate of drug-likeness (QED) is 0.473. The summed E-state index contributed by atoms with van der Waals surface area (Å²) >= 11 is 12.6. The van der Waals surface area contributed by atoms with Crippen LogP contribution in [-0.4, -0.2) is 14.2 Å². The number of rotatable bonds is 8. The van der Waals surface area contributed by atoms with Crippen molar-refractivity contribution in [2.75, 3.05) is 19.5 Å². The SMILES string of the molecule is COc1ccc(NCc2cc(OC)c(OCc3ccccc3)cc2Cl)cc1Cl. The van der Waals surface area contributed by atoms with Crippen molar-refractivity contribution in [3.05, 3.63) is 81.8 Å². The van der Waals surface area contributed by atoms with Crippen molar-refractivity contribution in [3.8, 4) is 17.2 Å². The van der Waals surface area contributed by atoms with Gasteiger partial charge in [-0.3, -0.25) is 0 Å². The summed E-state index contributed by atoms with van der Waals surface area (Å²) in [6, 6.07) is 19.1.